The molecule has 2 aromatic carbocycles. The molecule has 0 saturated carbocycles. The van der Waals surface area contributed by atoms with E-state index in [9.17, 15) is 0 Å². The van der Waals surface area contributed by atoms with Crippen LogP contribution in [0.4, 0.5) is 0 Å². The highest BCUT2D eigenvalue weighted by molar-refractivity contribution is 5.80. The van der Waals surface area contributed by atoms with Crippen molar-refractivity contribution in [1.82, 2.24) is 9.88 Å². The molecule has 1 N–H and O–H groups in total. The van der Waals surface area contributed by atoms with Crippen LogP contribution in [0.15, 0.2) is 60.8 Å². The summed E-state index contributed by atoms with van der Waals surface area (Å²) >= 11 is 0. The Hall–Kier alpha value is -2.06. The van der Waals surface area contributed by atoms with Crippen LogP contribution in [0, 0.1) is 0 Å². The molecule has 1 fully saturated rings. The molecule has 0 amide bonds. The van der Waals surface area contributed by atoms with Gasteiger partial charge in [-0.25, -0.2) is 0 Å². The highest BCUT2D eigenvalue weighted by Gasteiger charge is 2.25. The summed E-state index contributed by atoms with van der Waals surface area (Å²) < 4.78 is 0. The summed E-state index contributed by atoms with van der Waals surface area (Å²) in [4.78, 5) is 5.89. The van der Waals surface area contributed by atoms with Crippen molar-refractivity contribution in [3.05, 3.63) is 71.9 Å². The minimum absolute atomic E-state index is 0.560. The van der Waals surface area contributed by atoms with E-state index in [0.29, 0.717) is 6.04 Å². The Morgan fingerprint density at radius 3 is 2.86 bits per heavy atom. The Bertz CT molecular complexity index is 729. The van der Waals surface area contributed by atoms with Crippen molar-refractivity contribution in [2.24, 2.45) is 0 Å². The Balaban J connectivity index is 1.60. The van der Waals surface area contributed by atoms with Gasteiger partial charge < -0.3 is 4.98 Å². The van der Waals surface area contributed by atoms with Crippen molar-refractivity contribution in [1.29, 1.82) is 0 Å². The number of aromatic nitrogens is 1. The van der Waals surface area contributed by atoms with Crippen molar-refractivity contribution in [2.75, 3.05) is 6.54 Å². The van der Waals surface area contributed by atoms with Gasteiger partial charge in [-0.05, 0) is 54.1 Å². The largest absolute Gasteiger partial charge is 0.361 e. The Morgan fingerprint density at radius 1 is 1.05 bits per heavy atom. The van der Waals surface area contributed by atoms with Gasteiger partial charge in [0.25, 0.3) is 0 Å². The molecule has 2 nitrogen and oxygen atoms in total. The minimum Gasteiger partial charge on any atom is -0.361 e. The van der Waals surface area contributed by atoms with E-state index >= 15 is 0 Å². The molecule has 2 heteroatoms. The van der Waals surface area contributed by atoms with Gasteiger partial charge in [-0.2, -0.15) is 0 Å². The molecule has 2 heterocycles. The summed E-state index contributed by atoms with van der Waals surface area (Å²) in [5, 5.41) is 1.32. The van der Waals surface area contributed by atoms with Gasteiger partial charge in [0.15, 0.2) is 0 Å². The number of H-pyrrole nitrogens is 1. The van der Waals surface area contributed by atoms with E-state index in [2.05, 4.69) is 64.5 Å². The Labute approximate surface area is 125 Å². The zero-order valence-corrected chi connectivity index (χ0v) is 12.1. The van der Waals surface area contributed by atoms with Gasteiger partial charge in [0.05, 0.1) is 0 Å². The summed E-state index contributed by atoms with van der Waals surface area (Å²) in [6, 6.07) is 20.4. The Morgan fingerprint density at radius 2 is 1.95 bits per heavy atom. The Kier molecular flexibility index (Phi) is 3.24. The SMILES string of the molecule is c1ccc(CN2CCC[C@@H]2c2ccc3[nH]ccc3c2)cc1. The molecule has 0 radical (unpaired) electrons. The fraction of sp³-hybridized carbons (Fsp3) is 0.263. The molecule has 1 aliphatic heterocycles. The van der Waals surface area contributed by atoms with Crippen LogP contribution in [0.5, 0.6) is 0 Å². The first-order chi connectivity index (χ1) is 10.4. The molecular weight excluding hydrogens is 256 g/mol. The second-order valence-corrected chi connectivity index (χ2v) is 5.94. The first-order valence-electron chi connectivity index (χ1n) is 7.75. The van der Waals surface area contributed by atoms with Gasteiger partial charge in [-0.3, -0.25) is 4.90 Å². The first-order valence-corrected chi connectivity index (χ1v) is 7.75. The number of likely N-dealkylation sites (tertiary alicyclic amines) is 1. The van der Waals surface area contributed by atoms with Crippen LogP contribution >= 0.6 is 0 Å². The molecule has 0 bridgehead atoms. The quantitative estimate of drug-likeness (QED) is 0.746. The van der Waals surface area contributed by atoms with E-state index in [1.165, 1.54) is 41.4 Å². The number of fused-ring (bicyclic) bond motifs is 1. The normalized spacial score (nSPS) is 19.3. The minimum atomic E-state index is 0.560. The number of nitrogens with one attached hydrogen (secondary N) is 1. The lowest BCUT2D eigenvalue weighted by atomic mass is 10.0. The van der Waals surface area contributed by atoms with Gasteiger partial charge in [-0.1, -0.05) is 36.4 Å². The summed E-state index contributed by atoms with van der Waals surface area (Å²) in [6.07, 6.45) is 4.58. The molecule has 1 saturated heterocycles. The third-order valence-corrected chi connectivity index (χ3v) is 4.55. The summed E-state index contributed by atoms with van der Waals surface area (Å²) in [6.45, 7) is 2.25. The van der Waals surface area contributed by atoms with Crippen LogP contribution in [0.3, 0.4) is 0 Å². The van der Waals surface area contributed by atoms with Gasteiger partial charge in [-0.15, -0.1) is 0 Å². The van der Waals surface area contributed by atoms with Crippen LogP contribution in [0.1, 0.15) is 30.0 Å². The third kappa shape index (κ3) is 2.47. The van der Waals surface area contributed by atoms with E-state index in [1.54, 1.807) is 0 Å². The second-order valence-electron chi connectivity index (χ2n) is 5.94. The van der Waals surface area contributed by atoms with Crippen molar-refractivity contribution >= 4 is 10.9 Å². The predicted molar refractivity (Wildman–Crippen MR) is 87.1 cm³/mol. The van der Waals surface area contributed by atoms with Crippen LogP contribution in [-0.2, 0) is 6.54 Å². The van der Waals surface area contributed by atoms with Crippen LogP contribution in [-0.4, -0.2) is 16.4 Å². The zero-order chi connectivity index (χ0) is 14.1. The summed E-state index contributed by atoms with van der Waals surface area (Å²) in [5.41, 5.74) is 4.09. The summed E-state index contributed by atoms with van der Waals surface area (Å²) in [7, 11) is 0. The molecule has 0 aliphatic carbocycles. The lowest BCUT2D eigenvalue weighted by Crippen LogP contribution is -2.22. The van der Waals surface area contributed by atoms with Crippen LogP contribution < -0.4 is 0 Å². The molecule has 1 aliphatic rings. The van der Waals surface area contributed by atoms with Gasteiger partial charge >= 0.3 is 0 Å². The average molecular weight is 276 g/mol. The number of rotatable bonds is 3. The highest BCUT2D eigenvalue weighted by Crippen LogP contribution is 2.34. The molecule has 21 heavy (non-hydrogen) atoms. The highest BCUT2D eigenvalue weighted by atomic mass is 15.2. The molecule has 0 spiro atoms. The standard InChI is InChI=1S/C19H20N2/c1-2-5-15(6-3-1)14-21-12-4-7-19(21)17-8-9-18-16(13-17)10-11-20-18/h1-3,5-6,8-11,13,19-20H,4,7,12,14H2/t19-/m1/s1. The number of hydrogen-bond donors (Lipinski definition) is 1. The smallest absolute Gasteiger partial charge is 0.0454 e. The van der Waals surface area contributed by atoms with Crippen LogP contribution in [0.25, 0.3) is 10.9 Å². The number of nitrogens with zero attached hydrogens (tertiary/aromatic N) is 1. The maximum Gasteiger partial charge on any atom is 0.0454 e. The predicted octanol–water partition coefficient (Wildman–Crippen LogP) is 4.51. The topological polar surface area (TPSA) is 19.0 Å². The number of aromatic amines is 1. The maximum atomic E-state index is 3.27. The second kappa shape index (κ2) is 5.38. The van der Waals surface area contributed by atoms with E-state index in [0.717, 1.165) is 6.54 Å². The molecule has 0 unspecified atom stereocenters. The summed E-state index contributed by atoms with van der Waals surface area (Å²) in [5.74, 6) is 0. The van der Waals surface area contributed by atoms with Crippen molar-refractivity contribution in [3.63, 3.8) is 0 Å². The molecule has 1 aromatic heterocycles. The van der Waals surface area contributed by atoms with E-state index < -0.39 is 0 Å². The van der Waals surface area contributed by atoms with Crippen molar-refractivity contribution < 1.29 is 0 Å². The first kappa shape index (κ1) is 12.7. The molecule has 3 aromatic rings. The zero-order valence-electron chi connectivity index (χ0n) is 12.1. The van der Waals surface area contributed by atoms with E-state index in [-0.39, 0.29) is 0 Å². The van der Waals surface area contributed by atoms with Gasteiger partial charge in [0.1, 0.15) is 0 Å². The van der Waals surface area contributed by atoms with Crippen molar-refractivity contribution in [2.45, 2.75) is 25.4 Å². The number of benzene rings is 2. The van der Waals surface area contributed by atoms with Gasteiger partial charge in [0.2, 0.25) is 0 Å². The molecular formula is C19H20N2. The van der Waals surface area contributed by atoms with Crippen LogP contribution in [0.2, 0.25) is 0 Å². The molecule has 106 valence electrons. The van der Waals surface area contributed by atoms with E-state index in [1.807, 2.05) is 6.20 Å². The van der Waals surface area contributed by atoms with E-state index in [4.69, 9.17) is 0 Å². The third-order valence-electron chi connectivity index (χ3n) is 4.55. The monoisotopic (exact) mass is 276 g/mol. The molecule has 1 atom stereocenters. The van der Waals surface area contributed by atoms with Gasteiger partial charge in [0, 0.05) is 24.3 Å². The fourth-order valence-electron chi connectivity index (χ4n) is 3.49. The average Bonchev–Trinajstić information content (AvgIpc) is 3.16. The lowest BCUT2D eigenvalue weighted by Gasteiger charge is -2.25. The van der Waals surface area contributed by atoms with Crippen molar-refractivity contribution in [3.8, 4) is 0 Å². The fourth-order valence-corrected chi connectivity index (χ4v) is 3.49. The molecule has 4 rings (SSSR count). The lowest BCUT2D eigenvalue weighted by molar-refractivity contribution is 0.248. The number of hydrogen-bond acceptors (Lipinski definition) is 1. The maximum absolute atomic E-state index is 3.27.